The van der Waals surface area contributed by atoms with Gasteiger partial charge in [-0.2, -0.15) is 0 Å². The molecule has 21 heavy (non-hydrogen) atoms. The Labute approximate surface area is 125 Å². The van der Waals surface area contributed by atoms with E-state index < -0.39 is 17.7 Å². The molecular weight excluding hydrogens is 272 g/mol. The lowest BCUT2D eigenvalue weighted by Crippen LogP contribution is -2.52. The summed E-state index contributed by atoms with van der Waals surface area (Å²) < 4.78 is 5.96. The van der Waals surface area contributed by atoms with Crippen molar-refractivity contribution >= 4 is 11.8 Å². The van der Waals surface area contributed by atoms with Crippen molar-refractivity contribution < 1.29 is 19.4 Å². The number of aliphatic hydroxyl groups is 1. The third kappa shape index (κ3) is 3.37. The third-order valence-corrected chi connectivity index (χ3v) is 4.38. The van der Waals surface area contributed by atoms with Gasteiger partial charge in [-0.15, -0.1) is 0 Å². The van der Waals surface area contributed by atoms with Gasteiger partial charge in [0.2, 0.25) is 11.8 Å². The van der Waals surface area contributed by atoms with Gasteiger partial charge in [-0.1, -0.05) is 0 Å². The first-order valence-corrected chi connectivity index (χ1v) is 7.48. The molecule has 0 aromatic rings. The molecule has 2 aliphatic heterocycles. The summed E-state index contributed by atoms with van der Waals surface area (Å²) in [5.41, 5.74) is -0.728. The van der Waals surface area contributed by atoms with Crippen molar-refractivity contribution in [2.75, 3.05) is 6.54 Å². The van der Waals surface area contributed by atoms with Crippen LogP contribution in [0.5, 0.6) is 0 Å². The molecule has 2 N–H and O–H groups in total. The summed E-state index contributed by atoms with van der Waals surface area (Å²) >= 11 is 0. The summed E-state index contributed by atoms with van der Waals surface area (Å²) in [5.74, 6) is -0.393. The number of carbonyl (C=O) groups excluding carboxylic acids is 2. The second kappa shape index (κ2) is 5.25. The molecule has 0 bridgehead atoms. The maximum Gasteiger partial charge on any atom is 0.243 e. The highest BCUT2D eigenvalue weighted by molar-refractivity contribution is 5.87. The van der Waals surface area contributed by atoms with Crippen molar-refractivity contribution in [2.45, 2.75) is 76.9 Å². The topological polar surface area (TPSA) is 78.9 Å². The van der Waals surface area contributed by atoms with E-state index in [4.69, 9.17) is 4.74 Å². The molecule has 0 spiro atoms. The minimum Gasteiger partial charge on any atom is -0.391 e. The van der Waals surface area contributed by atoms with E-state index in [0.29, 0.717) is 6.42 Å². The highest BCUT2D eigenvalue weighted by Crippen LogP contribution is 2.37. The number of nitrogens with one attached hydrogen (secondary N) is 1. The first-order chi connectivity index (χ1) is 9.52. The third-order valence-electron chi connectivity index (χ3n) is 4.38. The number of β-amino-alcohol motifs (C(OH)–C–C–N with tert-alkyl or cyclic N) is 1. The highest BCUT2D eigenvalue weighted by atomic mass is 16.5. The van der Waals surface area contributed by atoms with Gasteiger partial charge in [0.05, 0.1) is 23.3 Å². The number of likely N-dealkylation sites (tertiary alicyclic amines) is 1. The van der Waals surface area contributed by atoms with Crippen LogP contribution in [-0.4, -0.2) is 57.8 Å². The van der Waals surface area contributed by atoms with Crippen LogP contribution >= 0.6 is 0 Å². The fourth-order valence-corrected chi connectivity index (χ4v) is 3.47. The average molecular weight is 298 g/mol. The number of nitrogens with zero attached hydrogens (tertiary/aromatic N) is 1. The lowest BCUT2D eigenvalue weighted by atomic mass is 9.94. The van der Waals surface area contributed by atoms with E-state index in [1.165, 1.54) is 11.8 Å². The van der Waals surface area contributed by atoms with Crippen LogP contribution in [0.1, 0.15) is 47.5 Å². The summed E-state index contributed by atoms with van der Waals surface area (Å²) in [5, 5.41) is 12.7. The molecule has 0 radical (unpaired) electrons. The van der Waals surface area contributed by atoms with Gasteiger partial charge in [0.25, 0.3) is 0 Å². The van der Waals surface area contributed by atoms with Crippen LogP contribution in [0.3, 0.4) is 0 Å². The molecular formula is C15H26N2O4. The van der Waals surface area contributed by atoms with Gasteiger partial charge in [0, 0.05) is 19.9 Å². The molecule has 0 aromatic heterocycles. The molecule has 0 saturated carbocycles. The van der Waals surface area contributed by atoms with Crippen LogP contribution < -0.4 is 5.32 Å². The van der Waals surface area contributed by atoms with Crippen molar-refractivity contribution in [3.63, 3.8) is 0 Å². The largest absolute Gasteiger partial charge is 0.391 e. The molecule has 2 aliphatic rings. The van der Waals surface area contributed by atoms with Crippen LogP contribution in [0.15, 0.2) is 0 Å². The molecule has 6 nitrogen and oxygen atoms in total. The zero-order chi connectivity index (χ0) is 16.0. The van der Waals surface area contributed by atoms with Gasteiger partial charge in [-0.05, 0) is 34.1 Å². The van der Waals surface area contributed by atoms with Gasteiger partial charge < -0.3 is 20.1 Å². The molecule has 2 saturated heterocycles. The molecule has 2 amide bonds. The molecule has 3 atom stereocenters. The van der Waals surface area contributed by atoms with Gasteiger partial charge >= 0.3 is 0 Å². The molecule has 0 aliphatic carbocycles. The van der Waals surface area contributed by atoms with E-state index >= 15 is 0 Å². The molecule has 6 heteroatoms. The van der Waals surface area contributed by atoms with Crippen molar-refractivity contribution in [1.82, 2.24) is 10.2 Å². The van der Waals surface area contributed by atoms with Crippen LogP contribution in [0.4, 0.5) is 0 Å². The quantitative estimate of drug-likeness (QED) is 0.775. The van der Waals surface area contributed by atoms with E-state index in [2.05, 4.69) is 5.32 Å². The number of rotatable bonds is 2. The lowest BCUT2D eigenvalue weighted by Gasteiger charge is -2.30. The summed E-state index contributed by atoms with van der Waals surface area (Å²) in [4.78, 5) is 25.5. The van der Waals surface area contributed by atoms with Crippen molar-refractivity contribution in [1.29, 1.82) is 0 Å². The monoisotopic (exact) mass is 298 g/mol. The maximum absolute atomic E-state index is 12.5. The highest BCUT2D eigenvalue weighted by Gasteiger charge is 2.48. The Morgan fingerprint density at radius 2 is 1.90 bits per heavy atom. The first kappa shape index (κ1) is 16.2. The van der Waals surface area contributed by atoms with Gasteiger partial charge in [-0.25, -0.2) is 0 Å². The molecule has 2 rings (SSSR count). The molecule has 0 aromatic carbocycles. The van der Waals surface area contributed by atoms with Crippen molar-refractivity contribution in [2.24, 2.45) is 0 Å². The molecule has 120 valence electrons. The van der Waals surface area contributed by atoms with Crippen LogP contribution in [-0.2, 0) is 14.3 Å². The smallest absolute Gasteiger partial charge is 0.243 e. The second-order valence-electron chi connectivity index (χ2n) is 7.31. The Kier molecular flexibility index (Phi) is 4.06. The van der Waals surface area contributed by atoms with E-state index in [1.807, 2.05) is 27.7 Å². The minimum absolute atomic E-state index is 0.105. The van der Waals surface area contributed by atoms with Crippen molar-refractivity contribution in [3.8, 4) is 0 Å². The Balaban J connectivity index is 2.06. The summed E-state index contributed by atoms with van der Waals surface area (Å²) in [7, 11) is 0. The summed E-state index contributed by atoms with van der Waals surface area (Å²) in [6, 6.07) is -0.691. The number of amides is 2. The summed E-state index contributed by atoms with van der Waals surface area (Å²) in [6.45, 7) is 9.57. The zero-order valence-electron chi connectivity index (χ0n) is 13.5. The number of ether oxygens (including phenoxy) is 1. The molecule has 2 heterocycles. The van der Waals surface area contributed by atoms with Crippen LogP contribution in [0.2, 0.25) is 0 Å². The minimum atomic E-state index is -0.631. The van der Waals surface area contributed by atoms with Crippen LogP contribution in [0, 0.1) is 0 Å². The Hall–Kier alpha value is -1.14. The predicted octanol–water partition coefficient (Wildman–Crippen LogP) is 0.430. The SMILES string of the molecule is CC(=O)N1C[C@@H](O)C[C@@H]1C(=O)NC1CC(C)(C)OC1(C)C. The van der Waals surface area contributed by atoms with E-state index in [1.54, 1.807) is 0 Å². The van der Waals surface area contributed by atoms with Gasteiger partial charge in [-0.3, -0.25) is 9.59 Å². The number of hydrogen-bond acceptors (Lipinski definition) is 4. The fourth-order valence-electron chi connectivity index (χ4n) is 3.47. The first-order valence-electron chi connectivity index (χ1n) is 7.48. The van der Waals surface area contributed by atoms with E-state index in [9.17, 15) is 14.7 Å². The number of carbonyl (C=O) groups is 2. The number of hydrogen-bond donors (Lipinski definition) is 2. The van der Waals surface area contributed by atoms with Gasteiger partial charge in [0.15, 0.2) is 0 Å². The Bertz CT molecular complexity index is 447. The van der Waals surface area contributed by atoms with E-state index in [0.717, 1.165) is 6.42 Å². The Morgan fingerprint density at radius 3 is 2.38 bits per heavy atom. The Morgan fingerprint density at radius 1 is 1.29 bits per heavy atom. The normalized spacial score (nSPS) is 34.0. The molecule has 1 unspecified atom stereocenters. The molecule has 2 fully saturated rings. The summed E-state index contributed by atoms with van der Waals surface area (Å²) in [6.07, 6.45) is 0.387. The zero-order valence-corrected chi connectivity index (χ0v) is 13.5. The van der Waals surface area contributed by atoms with Crippen molar-refractivity contribution in [3.05, 3.63) is 0 Å². The fraction of sp³-hybridized carbons (Fsp3) is 0.867. The van der Waals surface area contributed by atoms with Gasteiger partial charge in [0.1, 0.15) is 6.04 Å². The average Bonchev–Trinajstić information content (AvgIpc) is 2.76. The predicted molar refractivity (Wildman–Crippen MR) is 77.6 cm³/mol. The van der Waals surface area contributed by atoms with E-state index in [-0.39, 0.29) is 30.0 Å². The standard InChI is InChI=1S/C15H26N2O4/c1-9(18)17-8-10(19)6-11(17)13(20)16-12-7-14(2,3)21-15(12,4)5/h10-12,19H,6-8H2,1-5H3,(H,16,20)/t10-,11+,12?/m0/s1. The second-order valence-corrected chi connectivity index (χ2v) is 7.31. The van der Waals surface area contributed by atoms with Crippen LogP contribution in [0.25, 0.3) is 0 Å². The maximum atomic E-state index is 12.5. The lowest BCUT2D eigenvalue weighted by molar-refractivity contribution is -0.137. The number of aliphatic hydroxyl groups excluding tert-OH is 1.